The van der Waals surface area contributed by atoms with Crippen molar-refractivity contribution in [2.45, 2.75) is 39.5 Å². The molecule has 1 aliphatic carbocycles. The zero-order chi connectivity index (χ0) is 21.5. The third kappa shape index (κ3) is 3.59. The fourth-order valence-electron chi connectivity index (χ4n) is 4.22. The van der Waals surface area contributed by atoms with Gasteiger partial charge in [0.05, 0.1) is 22.0 Å². The zero-order valence-electron chi connectivity index (χ0n) is 18.0. The van der Waals surface area contributed by atoms with Crippen molar-refractivity contribution in [3.8, 4) is 16.1 Å². The molecule has 0 fully saturated rings. The lowest BCUT2D eigenvalue weighted by atomic mass is 9.95. The fourth-order valence-corrected chi connectivity index (χ4v) is 5.44. The molecule has 31 heavy (non-hydrogen) atoms. The number of nitrogens with zero attached hydrogens (tertiary/aromatic N) is 2. The SMILES string of the molecule is Cc1nn(-c2ccccc2)c2c1-c1sc(C(=O)Nc3ccc(C(C)C)cc3)cc1CC2. The summed E-state index contributed by atoms with van der Waals surface area (Å²) in [5, 5.41) is 7.88. The lowest BCUT2D eigenvalue weighted by Gasteiger charge is -2.14. The number of amides is 1. The fraction of sp³-hybridized carbons (Fsp3) is 0.231. The Balaban J connectivity index is 1.45. The smallest absolute Gasteiger partial charge is 0.265 e. The predicted molar refractivity (Wildman–Crippen MR) is 128 cm³/mol. The molecule has 0 spiro atoms. The number of nitrogens with one attached hydrogen (secondary N) is 1. The third-order valence-corrected chi connectivity index (χ3v) is 7.08. The largest absolute Gasteiger partial charge is 0.321 e. The average Bonchev–Trinajstić information content (AvgIpc) is 3.36. The molecule has 5 heteroatoms. The highest BCUT2D eigenvalue weighted by Crippen LogP contribution is 2.42. The molecule has 0 unspecified atom stereocenters. The predicted octanol–water partition coefficient (Wildman–Crippen LogP) is 6.38. The number of hydrogen-bond donors (Lipinski definition) is 1. The van der Waals surface area contributed by atoms with E-state index in [1.807, 2.05) is 30.3 Å². The molecule has 4 nitrogen and oxygen atoms in total. The molecule has 1 aliphatic rings. The second kappa shape index (κ2) is 7.82. The number of carbonyl (C=O) groups excluding carboxylic acids is 1. The van der Waals surface area contributed by atoms with Crippen LogP contribution in [0.25, 0.3) is 16.1 Å². The van der Waals surface area contributed by atoms with Gasteiger partial charge in [-0.1, -0.05) is 44.2 Å². The number of aryl methyl sites for hydroxylation is 2. The maximum atomic E-state index is 13.0. The molecule has 1 N–H and O–H groups in total. The highest BCUT2D eigenvalue weighted by molar-refractivity contribution is 7.17. The van der Waals surface area contributed by atoms with E-state index in [4.69, 9.17) is 5.10 Å². The maximum Gasteiger partial charge on any atom is 0.265 e. The van der Waals surface area contributed by atoms with Gasteiger partial charge in [-0.15, -0.1) is 11.3 Å². The number of para-hydroxylation sites is 1. The van der Waals surface area contributed by atoms with Gasteiger partial charge in [-0.05, 0) is 67.1 Å². The molecule has 0 saturated heterocycles. The summed E-state index contributed by atoms with van der Waals surface area (Å²) < 4.78 is 2.06. The van der Waals surface area contributed by atoms with Gasteiger partial charge in [0.2, 0.25) is 0 Å². The van der Waals surface area contributed by atoms with Crippen LogP contribution in [0.4, 0.5) is 5.69 Å². The van der Waals surface area contributed by atoms with Crippen LogP contribution in [0.3, 0.4) is 0 Å². The van der Waals surface area contributed by atoms with Gasteiger partial charge in [0.1, 0.15) is 0 Å². The Bertz CT molecular complexity index is 1250. The molecule has 2 heterocycles. The Kier molecular flexibility index (Phi) is 4.98. The number of carbonyl (C=O) groups is 1. The summed E-state index contributed by atoms with van der Waals surface area (Å²) in [6.07, 6.45) is 1.85. The van der Waals surface area contributed by atoms with Gasteiger partial charge in [-0.2, -0.15) is 5.10 Å². The van der Waals surface area contributed by atoms with Crippen LogP contribution in [-0.4, -0.2) is 15.7 Å². The molecule has 0 saturated carbocycles. The van der Waals surface area contributed by atoms with E-state index in [1.54, 1.807) is 11.3 Å². The Morgan fingerprint density at radius 2 is 1.81 bits per heavy atom. The van der Waals surface area contributed by atoms with Crippen LogP contribution in [0, 0.1) is 6.92 Å². The number of benzene rings is 2. The van der Waals surface area contributed by atoms with Crippen LogP contribution in [0.2, 0.25) is 0 Å². The van der Waals surface area contributed by atoms with Gasteiger partial charge < -0.3 is 5.32 Å². The summed E-state index contributed by atoms with van der Waals surface area (Å²) in [4.78, 5) is 14.9. The van der Waals surface area contributed by atoms with Gasteiger partial charge in [-0.3, -0.25) is 4.79 Å². The number of anilines is 1. The van der Waals surface area contributed by atoms with E-state index in [-0.39, 0.29) is 5.91 Å². The van der Waals surface area contributed by atoms with Crippen LogP contribution in [0.5, 0.6) is 0 Å². The third-order valence-electron chi connectivity index (χ3n) is 5.88. The highest BCUT2D eigenvalue weighted by atomic mass is 32.1. The minimum Gasteiger partial charge on any atom is -0.321 e. The van der Waals surface area contributed by atoms with Gasteiger partial charge >= 0.3 is 0 Å². The zero-order valence-corrected chi connectivity index (χ0v) is 18.8. The Labute approximate surface area is 186 Å². The first-order chi connectivity index (χ1) is 15.0. The van der Waals surface area contributed by atoms with Crippen LogP contribution < -0.4 is 5.32 Å². The molecule has 156 valence electrons. The Hall–Kier alpha value is -3.18. The minimum absolute atomic E-state index is 0.0497. The second-order valence-corrected chi connectivity index (χ2v) is 9.40. The van der Waals surface area contributed by atoms with Gasteiger partial charge in [0, 0.05) is 16.1 Å². The average molecular weight is 428 g/mol. The van der Waals surface area contributed by atoms with E-state index in [1.165, 1.54) is 27.3 Å². The van der Waals surface area contributed by atoms with Crippen molar-refractivity contribution in [2.24, 2.45) is 0 Å². The summed E-state index contributed by atoms with van der Waals surface area (Å²) in [5.41, 5.74) is 7.85. The van der Waals surface area contributed by atoms with E-state index in [0.29, 0.717) is 5.92 Å². The first-order valence-electron chi connectivity index (χ1n) is 10.7. The Morgan fingerprint density at radius 3 is 2.52 bits per heavy atom. The van der Waals surface area contributed by atoms with Crippen molar-refractivity contribution in [3.05, 3.63) is 88.1 Å². The van der Waals surface area contributed by atoms with Crippen molar-refractivity contribution in [2.75, 3.05) is 5.32 Å². The number of hydrogen-bond acceptors (Lipinski definition) is 3. The van der Waals surface area contributed by atoms with Crippen LogP contribution in [0.1, 0.15) is 52.0 Å². The molecule has 0 aliphatic heterocycles. The number of rotatable bonds is 4. The van der Waals surface area contributed by atoms with Gasteiger partial charge in [0.15, 0.2) is 0 Å². The molecule has 5 rings (SSSR count). The molecule has 0 radical (unpaired) electrons. The summed E-state index contributed by atoms with van der Waals surface area (Å²) in [5.74, 6) is 0.425. The van der Waals surface area contributed by atoms with E-state index in [2.05, 4.69) is 61.1 Å². The second-order valence-electron chi connectivity index (χ2n) is 8.35. The van der Waals surface area contributed by atoms with E-state index in [9.17, 15) is 4.79 Å². The molecule has 2 aromatic carbocycles. The van der Waals surface area contributed by atoms with Gasteiger partial charge in [0.25, 0.3) is 5.91 Å². The number of thiophene rings is 1. The molecule has 1 amide bonds. The quantitative estimate of drug-likeness (QED) is 0.410. The summed E-state index contributed by atoms with van der Waals surface area (Å²) in [6.45, 7) is 6.39. The van der Waals surface area contributed by atoms with Crippen LogP contribution in [0.15, 0.2) is 60.7 Å². The van der Waals surface area contributed by atoms with Crippen molar-refractivity contribution in [1.29, 1.82) is 0 Å². The van der Waals surface area contributed by atoms with Crippen molar-refractivity contribution < 1.29 is 4.79 Å². The molecule has 2 aromatic heterocycles. The van der Waals surface area contributed by atoms with E-state index >= 15 is 0 Å². The number of fused-ring (bicyclic) bond motifs is 3. The van der Waals surface area contributed by atoms with Crippen molar-refractivity contribution in [3.63, 3.8) is 0 Å². The lowest BCUT2D eigenvalue weighted by Crippen LogP contribution is -2.10. The van der Waals surface area contributed by atoms with Crippen LogP contribution >= 0.6 is 11.3 Å². The summed E-state index contributed by atoms with van der Waals surface area (Å²) >= 11 is 1.57. The summed E-state index contributed by atoms with van der Waals surface area (Å²) in [6, 6.07) is 20.4. The monoisotopic (exact) mass is 427 g/mol. The van der Waals surface area contributed by atoms with Gasteiger partial charge in [-0.25, -0.2) is 4.68 Å². The molecular weight excluding hydrogens is 402 g/mol. The minimum atomic E-state index is -0.0497. The van der Waals surface area contributed by atoms with Crippen molar-refractivity contribution >= 4 is 22.9 Å². The molecule has 4 aromatic rings. The van der Waals surface area contributed by atoms with E-state index in [0.717, 1.165) is 34.8 Å². The van der Waals surface area contributed by atoms with Crippen molar-refractivity contribution in [1.82, 2.24) is 9.78 Å². The summed E-state index contributed by atoms with van der Waals surface area (Å²) in [7, 11) is 0. The molecular formula is C26H25N3OS. The molecule has 0 atom stereocenters. The molecule has 0 bridgehead atoms. The van der Waals surface area contributed by atoms with E-state index < -0.39 is 0 Å². The lowest BCUT2D eigenvalue weighted by molar-refractivity contribution is 0.103. The highest BCUT2D eigenvalue weighted by Gasteiger charge is 2.27. The van der Waals surface area contributed by atoms with Crippen LogP contribution in [-0.2, 0) is 12.8 Å². The standard InChI is InChI=1S/C26H25N3OS/c1-16(2)18-9-12-20(13-10-18)27-26(30)23-15-19-11-14-22-24(25(19)31-23)17(3)28-29(22)21-7-5-4-6-8-21/h4-10,12-13,15-16H,11,14H2,1-3H3,(H,27,30). The normalized spacial score (nSPS) is 12.5. The first-order valence-corrected chi connectivity index (χ1v) is 11.5. The Morgan fingerprint density at radius 1 is 1.06 bits per heavy atom. The maximum absolute atomic E-state index is 13.0. The first kappa shape index (κ1) is 19.8. The number of aromatic nitrogens is 2. The topological polar surface area (TPSA) is 46.9 Å².